The molecule has 0 bridgehead atoms. The normalized spacial score (nSPS) is 10.5. The van der Waals surface area contributed by atoms with Crippen LogP contribution in [0.3, 0.4) is 0 Å². The van der Waals surface area contributed by atoms with Crippen molar-refractivity contribution in [3.8, 4) is 22.6 Å². The third-order valence-corrected chi connectivity index (χ3v) is 4.29. The Morgan fingerprint density at radius 1 is 0.806 bits per heavy atom. The Hall–Kier alpha value is -4.06. The Kier molecular flexibility index (Phi) is 7.83. The average Bonchev–Trinajstić information content (AvgIpc) is 2.82. The van der Waals surface area contributed by atoms with Crippen molar-refractivity contribution in [2.45, 2.75) is 6.92 Å². The van der Waals surface area contributed by atoms with Crippen LogP contribution in [0.4, 0.5) is 0 Å². The third-order valence-electron chi connectivity index (χ3n) is 4.29. The van der Waals surface area contributed by atoms with Crippen molar-refractivity contribution in [1.82, 2.24) is 10.9 Å². The van der Waals surface area contributed by atoms with Crippen molar-refractivity contribution in [2.24, 2.45) is 0 Å². The van der Waals surface area contributed by atoms with E-state index in [2.05, 4.69) is 10.9 Å². The van der Waals surface area contributed by atoms with Crippen molar-refractivity contribution >= 4 is 17.9 Å². The molecule has 6 heteroatoms. The fourth-order valence-electron chi connectivity index (χ4n) is 2.87. The van der Waals surface area contributed by atoms with Gasteiger partial charge in [-0.3, -0.25) is 20.4 Å². The SMILES string of the molecule is CCOc1ccccc1/C=C/C(=O)NNC(=O)COc1ccccc1-c1ccccc1. The van der Waals surface area contributed by atoms with E-state index in [0.29, 0.717) is 18.1 Å². The van der Waals surface area contributed by atoms with Gasteiger partial charge in [0.1, 0.15) is 11.5 Å². The van der Waals surface area contributed by atoms with E-state index in [1.807, 2.05) is 79.7 Å². The van der Waals surface area contributed by atoms with Crippen LogP contribution in [-0.4, -0.2) is 25.0 Å². The number of benzene rings is 3. The first-order valence-corrected chi connectivity index (χ1v) is 9.93. The van der Waals surface area contributed by atoms with E-state index in [1.165, 1.54) is 6.08 Å². The Morgan fingerprint density at radius 2 is 1.48 bits per heavy atom. The second-order valence-corrected chi connectivity index (χ2v) is 6.49. The molecular weight excluding hydrogens is 392 g/mol. The number of hydrazine groups is 1. The topological polar surface area (TPSA) is 76.7 Å². The minimum absolute atomic E-state index is 0.235. The summed E-state index contributed by atoms with van der Waals surface area (Å²) in [6.07, 6.45) is 2.95. The van der Waals surface area contributed by atoms with Gasteiger partial charge in [0.25, 0.3) is 11.8 Å². The molecule has 3 rings (SSSR count). The summed E-state index contributed by atoms with van der Waals surface area (Å²) in [5.41, 5.74) is 7.33. The minimum atomic E-state index is -0.473. The lowest BCUT2D eigenvalue weighted by molar-refractivity contribution is -0.128. The molecule has 3 aromatic carbocycles. The zero-order chi connectivity index (χ0) is 21.9. The summed E-state index contributed by atoms with van der Waals surface area (Å²) < 4.78 is 11.2. The zero-order valence-corrected chi connectivity index (χ0v) is 17.2. The van der Waals surface area contributed by atoms with Crippen molar-refractivity contribution < 1.29 is 19.1 Å². The Labute approximate surface area is 181 Å². The maximum atomic E-state index is 12.1. The molecule has 2 amide bonds. The zero-order valence-electron chi connectivity index (χ0n) is 17.2. The number of hydrogen-bond donors (Lipinski definition) is 2. The molecule has 2 N–H and O–H groups in total. The number of para-hydroxylation sites is 2. The number of carbonyl (C=O) groups is 2. The number of ether oxygens (including phenoxy) is 2. The Morgan fingerprint density at radius 3 is 2.26 bits per heavy atom. The first-order valence-electron chi connectivity index (χ1n) is 9.93. The molecule has 0 heterocycles. The fraction of sp³-hybridized carbons (Fsp3) is 0.120. The van der Waals surface area contributed by atoms with Crippen LogP contribution in [0, 0.1) is 0 Å². The lowest BCUT2D eigenvalue weighted by Gasteiger charge is -2.12. The molecule has 0 aliphatic rings. The quantitative estimate of drug-likeness (QED) is 0.430. The van der Waals surface area contributed by atoms with Gasteiger partial charge in [-0.2, -0.15) is 0 Å². The van der Waals surface area contributed by atoms with Crippen LogP contribution in [0.2, 0.25) is 0 Å². The smallest absolute Gasteiger partial charge is 0.276 e. The fourth-order valence-corrected chi connectivity index (χ4v) is 2.87. The maximum absolute atomic E-state index is 12.1. The summed E-state index contributed by atoms with van der Waals surface area (Å²) in [7, 11) is 0. The Bertz CT molecular complexity index is 1050. The van der Waals surface area contributed by atoms with Gasteiger partial charge in [0, 0.05) is 17.2 Å². The summed E-state index contributed by atoms with van der Waals surface area (Å²) in [4.78, 5) is 24.1. The largest absolute Gasteiger partial charge is 0.493 e. The molecule has 158 valence electrons. The molecule has 0 atom stereocenters. The number of rotatable bonds is 8. The number of amides is 2. The summed E-state index contributed by atoms with van der Waals surface area (Å²) in [6.45, 7) is 2.19. The van der Waals surface area contributed by atoms with Crippen molar-refractivity contribution in [3.63, 3.8) is 0 Å². The average molecular weight is 416 g/mol. The number of carbonyl (C=O) groups excluding carboxylic acids is 2. The van der Waals surface area contributed by atoms with E-state index in [-0.39, 0.29) is 6.61 Å². The van der Waals surface area contributed by atoms with Gasteiger partial charge in [-0.25, -0.2) is 0 Å². The van der Waals surface area contributed by atoms with Gasteiger partial charge in [-0.15, -0.1) is 0 Å². The van der Waals surface area contributed by atoms with E-state index in [1.54, 1.807) is 12.1 Å². The van der Waals surface area contributed by atoms with E-state index >= 15 is 0 Å². The van der Waals surface area contributed by atoms with Gasteiger partial charge in [0.05, 0.1) is 6.61 Å². The summed E-state index contributed by atoms with van der Waals surface area (Å²) >= 11 is 0. The second-order valence-electron chi connectivity index (χ2n) is 6.49. The standard InChI is InChI=1S/C25H24N2O4/c1-2-30-22-14-8-6-12-20(22)16-17-24(28)26-27-25(29)18-31-23-15-9-7-13-21(23)19-10-4-3-5-11-19/h3-17H,2,18H2,1H3,(H,26,28)(H,27,29)/b17-16+. The molecule has 0 fully saturated rings. The molecule has 0 aliphatic heterocycles. The third kappa shape index (κ3) is 6.47. The highest BCUT2D eigenvalue weighted by atomic mass is 16.5. The van der Waals surface area contributed by atoms with Gasteiger partial charge >= 0.3 is 0 Å². The Balaban J connectivity index is 1.51. The molecule has 0 aliphatic carbocycles. The first kappa shape index (κ1) is 21.6. The maximum Gasteiger partial charge on any atom is 0.276 e. The highest BCUT2D eigenvalue weighted by Crippen LogP contribution is 2.29. The predicted octanol–water partition coefficient (Wildman–Crippen LogP) is 3.99. The van der Waals surface area contributed by atoms with Crippen LogP contribution in [0.1, 0.15) is 12.5 Å². The summed E-state index contributed by atoms with van der Waals surface area (Å²) in [5.74, 6) is 0.329. The minimum Gasteiger partial charge on any atom is -0.493 e. The van der Waals surface area contributed by atoms with Crippen molar-refractivity contribution in [1.29, 1.82) is 0 Å². The van der Waals surface area contributed by atoms with Crippen LogP contribution in [0.25, 0.3) is 17.2 Å². The number of hydrogen-bond acceptors (Lipinski definition) is 4. The molecule has 0 saturated carbocycles. The van der Waals surface area contributed by atoms with Crippen LogP contribution >= 0.6 is 0 Å². The van der Waals surface area contributed by atoms with E-state index in [0.717, 1.165) is 16.7 Å². The van der Waals surface area contributed by atoms with Crippen molar-refractivity contribution in [3.05, 3.63) is 90.5 Å². The first-order chi connectivity index (χ1) is 15.2. The lowest BCUT2D eigenvalue weighted by atomic mass is 10.1. The van der Waals surface area contributed by atoms with E-state index in [9.17, 15) is 9.59 Å². The molecule has 0 unspecified atom stereocenters. The molecule has 0 saturated heterocycles. The van der Waals surface area contributed by atoms with Gasteiger partial charge in [-0.1, -0.05) is 66.7 Å². The number of nitrogens with one attached hydrogen (secondary N) is 2. The monoisotopic (exact) mass is 416 g/mol. The predicted molar refractivity (Wildman–Crippen MR) is 120 cm³/mol. The summed E-state index contributed by atoms with van der Waals surface area (Å²) in [6, 6.07) is 24.6. The highest BCUT2D eigenvalue weighted by Gasteiger charge is 2.09. The van der Waals surface area contributed by atoms with Gasteiger partial charge in [0.15, 0.2) is 6.61 Å². The van der Waals surface area contributed by atoms with Crippen molar-refractivity contribution in [2.75, 3.05) is 13.2 Å². The van der Waals surface area contributed by atoms with Crippen LogP contribution in [0.5, 0.6) is 11.5 Å². The summed E-state index contributed by atoms with van der Waals surface area (Å²) in [5, 5.41) is 0. The van der Waals surface area contributed by atoms with Crippen LogP contribution < -0.4 is 20.3 Å². The highest BCUT2D eigenvalue weighted by molar-refractivity contribution is 5.93. The molecule has 31 heavy (non-hydrogen) atoms. The van der Waals surface area contributed by atoms with Crippen LogP contribution in [-0.2, 0) is 9.59 Å². The molecule has 0 radical (unpaired) electrons. The second kappa shape index (κ2) is 11.2. The molecular formula is C25H24N2O4. The molecule has 0 spiro atoms. The van der Waals surface area contributed by atoms with Gasteiger partial charge in [-0.05, 0) is 30.7 Å². The lowest BCUT2D eigenvalue weighted by Crippen LogP contribution is -2.43. The van der Waals surface area contributed by atoms with Gasteiger partial charge in [0.2, 0.25) is 0 Å². The van der Waals surface area contributed by atoms with Gasteiger partial charge < -0.3 is 9.47 Å². The molecule has 3 aromatic rings. The van der Waals surface area contributed by atoms with E-state index in [4.69, 9.17) is 9.47 Å². The van der Waals surface area contributed by atoms with Crippen LogP contribution in [0.15, 0.2) is 84.9 Å². The molecule has 0 aromatic heterocycles. The molecule has 6 nitrogen and oxygen atoms in total. The van der Waals surface area contributed by atoms with E-state index < -0.39 is 11.8 Å².